The summed E-state index contributed by atoms with van der Waals surface area (Å²) in [5, 5.41) is 7.64. The summed E-state index contributed by atoms with van der Waals surface area (Å²) in [7, 11) is 0. The number of hydrogen-bond donors (Lipinski definition) is 0. The van der Waals surface area contributed by atoms with Crippen LogP contribution >= 0.6 is 23.2 Å². The monoisotopic (exact) mass is 528 g/mol. The largest absolute Gasteiger partial charge is 0.289 e. The van der Waals surface area contributed by atoms with Crippen LogP contribution < -0.4 is 0 Å². The van der Waals surface area contributed by atoms with E-state index in [9.17, 15) is 9.59 Å². The topological polar surface area (TPSA) is 34.1 Å². The number of carbonyl (C=O) groups excluding carboxylic acids is 2. The van der Waals surface area contributed by atoms with E-state index < -0.39 is 0 Å². The maximum absolute atomic E-state index is 14.4. The molecule has 0 amide bonds. The van der Waals surface area contributed by atoms with Crippen LogP contribution in [0.5, 0.6) is 0 Å². The van der Waals surface area contributed by atoms with Crippen molar-refractivity contribution in [2.75, 3.05) is 0 Å². The van der Waals surface area contributed by atoms with Gasteiger partial charge in [0.05, 0.1) is 10.6 Å². The molecule has 0 aromatic heterocycles. The van der Waals surface area contributed by atoms with Gasteiger partial charge in [0.25, 0.3) is 0 Å². The maximum Gasteiger partial charge on any atom is 0.195 e. The molecule has 0 aliphatic rings. The molecule has 2 nitrogen and oxygen atoms in total. The first-order valence-corrected chi connectivity index (χ1v) is 13.0. The highest BCUT2D eigenvalue weighted by atomic mass is 35.5. The summed E-state index contributed by atoms with van der Waals surface area (Å²) in [6.45, 7) is 0. The Kier molecular flexibility index (Phi) is 5.23. The number of rotatable bonds is 4. The first kappa shape index (κ1) is 22.9. The second-order valence-electron chi connectivity index (χ2n) is 9.38. The lowest BCUT2D eigenvalue weighted by Gasteiger charge is -2.21. The Balaban J connectivity index is 1.78. The highest BCUT2D eigenvalue weighted by Crippen LogP contribution is 2.48. The lowest BCUT2D eigenvalue weighted by molar-refractivity contribution is 0.100. The zero-order valence-electron chi connectivity index (χ0n) is 20.0. The maximum atomic E-state index is 14.4. The summed E-state index contributed by atoms with van der Waals surface area (Å²) in [6.07, 6.45) is 0. The van der Waals surface area contributed by atoms with E-state index in [2.05, 4.69) is 18.2 Å². The third-order valence-electron chi connectivity index (χ3n) is 7.33. The molecule has 7 aromatic rings. The van der Waals surface area contributed by atoms with E-state index in [-0.39, 0.29) is 22.2 Å². The molecule has 0 unspecified atom stereocenters. The van der Waals surface area contributed by atoms with Crippen molar-refractivity contribution in [3.05, 3.63) is 141 Å². The third kappa shape index (κ3) is 3.21. The molecule has 0 bridgehead atoms. The number of halogens is 2. The van der Waals surface area contributed by atoms with E-state index in [1.807, 2.05) is 54.6 Å². The highest BCUT2D eigenvalue weighted by molar-refractivity contribution is 6.51. The fourth-order valence-corrected chi connectivity index (χ4v) is 6.39. The Morgan fingerprint density at radius 2 is 1.00 bits per heavy atom. The second-order valence-corrected chi connectivity index (χ2v) is 10.2. The summed E-state index contributed by atoms with van der Waals surface area (Å²) >= 11 is 13.9. The lowest BCUT2D eigenvalue weighted by Crippen LogP contribution is -2.14. The van der Waals surface area contributed by atoms with E-state index in [0.29, 0.717) is 32.5 Å². The van der Waals surface area contributed by atoms with E-state index in [0.717, 1.165) is 32.3 Å². The molecule has 4 heteroatoms. The van der Waals surface area contributed by atoms with Gasteiger partial charge in [-0.05, 0) is 33.0 Å². The Bertz CT molecular complexity index is 2060. The van der Waals surface area contributed by atoms with Crippen LogP contribution in [0.3, 0.4) is 0 Å². The van der Waals surface area contributed by atoms with E-state index in [1.54, 1.807) is 36.4 Å². The molecule has 38 heavy (non-hydrogen) atoms. The van der Waals surface area contributed by atoms with Crippen LogP contribution in [-0.4, -0.2) is 11.6 Å². The average Bonchev–Trinajstić information content (AvgIpc) is 2.96. The number of carbonyl (C=O) groups is 2. The third-order valence-corrected chi connectivity index (χ3v) is 8.03. The van der Waals surface area contributed by atoms with Gasteiger partial charge in [0.15, 0.2) is 11.6 Å². The van der Waals surface area contributed by atoms with E-state index in [1.165, 1.54) is 0 Å². The van der Waals surface area contributed by atoms with Crippen LogP contribution in [0.1, 0.15) is 31.8 Å². The van der Waals surface area contributed by atoms with Gasteiger partial charge in [0.2, 0.25) is 0 Å². The predicted octanol–water partition coefficient (Wildman–Crippen LogP) is 9.51. The summed E-state index contributed by atoms with van der Waals surface area (Å²) in [5.74, 6) is -0.577. The van der Waals surface area contributed by atoms with Gasteiger partial charge in [-0.1, -0.05) is 126 Å². The van der Waals surface area contributed by atoms with Crippen molar-refractivity contribution in [2.45, 2.75) is 0 Å². The van der Waals surface area contributed by atoms with Crippen LogP contribution in [0, 0.1) is 0 Å². The Morgan fingerprint density at radius 3 is 1.63 bits per heavy atom. The number of benzene rings is 7. The smallest absolute Gasteiger partial charge is 0.195 e. The molecule has 0 atom stereocenters. The van der Waals surface area contributed by atoms with Gasteiger partial charge < -0.3 is 0 Å². The van der Waals surface area contributed by atoms with Crippen LogP contribution in [0.4, 0.5) is 0 Å². The molecular formula is C34H18Cl2O2. The molecule has 0 saturated heterocycles. The zero-order valence-corrected chi connectivity index (χ0v) is 21.5. The second kappa shape index (κ2) is 8.66. The van der Waals surface area contributed by atoms with Crippen molar-refractivity contribution in [3.63, 3.8) is 0 Å². The minimum atomic E-state index is -0.319. The minimum absolute atomic E-state index is 0.171. The molecule has 180 valence electrons. The van der Waals surface area contributed by atoms with Crippen LogP contribution in [-0.2, 0) is 0 Å². The molecule has 7 aromatic carbocycles. The lowest BCUT2D eigenvalue weighted by atomic mass is 9.82. The summed E-state index contributed by atoms with van der Waals surface area (Å²) in [5.41, 5.74) is 1.40. The molecule has 0 fully saturated rings. The molecule has 0 radical (unpaired) electrons. The standard InChI is InChI=1S/C34H18Cl2O2/c35-25-18-17-23-22-15-7-13-19-14-8-16-24(26(19)22)28-27(23)29(25)32(36)31(34(38)21-11-5-2-6-12-21)30(28)33(37)20-9-3-1-4-10-20/h1-18H. The minimum Gasteiger partial charge on any atom is -0.289 e. The average molecular weight is 529 g/mol. The van der Waals surface area contributed by atoms with Crippen LogP contribution in [0.2, 0.25) is 10.0 Å². The van der Waals surface area contributed by atoms with E-state index >= 15 is 0 Å². The fraction of sp³-hybridized carbons (Fsp3) is 0. The van der Waals surface area contributed by atoms with Gasteiger partial charge in [0, 0.05) is 37.9 Å². The normalized spacial score (nSPS) is 11.6. The van der Waals surface area contributed by atoms with Gasteiger partial charge >= 0.3 is 0 Å². The molecule has 7 rings (SSSR count). The fourth-order valence-electron chi connectivity index (χ4n) is 5.71. The van der Waals surface area contributed by atoms with Crippen LogP contribution in [0.25, 0.3) is 43.1 Å². The summed E-state index contributed by atoms with van der Waals surface area (Å²) in [6, 6.07) is 33.9. The summed E-state index contributed by atoms with van der Waals surface area (Å²) in [4.78, 5) is 28.5. The van der Waals surface area contributed by atoms with Crippen molar-refractivity contribution in [2.24, 2.45) is 0 Å². The van der Waals surface area contributed by atoms with Gasteiger partial charge in [-0.25, -0.2) is 0 Å². The quantitative estimate of drug-likeness (QED) is 0.129. The molecule has 0 N–H and O–H groups in total. The molecule has 0 aliphatic carbocycles. The number of fused-ring (bicyclic) bond motifs is 2. The Hall–Kier alpha value is -4.24. The van der Waals surface area contributed by atoms with Gasteiger partial charge in [-0.3, -0.25) is 9.59 Å². The molecular weight excluding hydrogens is 511 g/mol. The highest BCUT2D eigenvalue weighted by Gasteiger charge is 2.30. The van der Waals surface area contributed by atoms with Crippen molar-refractivity contribution >= 4 is 77.9 Å². The SMILES string of the molecule is O=C(c1ccccc1)c1c(Cl)c2c(Cl)ccc3c4cccc5cccc(c(c1C(=O)c1ccccc1)c23)c54. The van der Waals surface area contributed by atoms with E-state index in [4.69, 9.17) is 23.2 Å². The molecule has 0 aliphatic heterocycles. The molecule has 0 spiro atoms. The predicted molar refractivity (Wildman–Crippen MR) is 157 cm³/mol. The van der Waals surface area contributed by atoms with Crippen molar-refractivity contribution in [1.82, 2.24) is 0 Å². The first-order chi connectivity index (χ1) is 18.6. The van der Waals surface area contributed by atoms with Gasteiger partial charge in [-0.15, -0.1) is 0 Å². The van der Waals surface area contributed by atoms with Crippen molar-refractivity contribution < 1.29 is 9.59 Å². The van der Waals surface area contributed by atoms with Crippen molar-refractivity contribution in [1.29, 1.82) is 0 Å². The zero-order chi connectivity index (χ0) is 26.0. The van der Waals surface area contributed by atoms with Crippen LogP contribution in [0.15, 0.2) is 109 Å². The van der Waals surface area contributed by atoms with Gasteiger partial charge in [0.1, 0.15) is 0 Å². The molecule has 0 saturated carbocycles. The van der Waals surface area contributed by atoms with Crippen molar-refractivity contribution in [3.8, 4) is 0 Å². The Labute approximate surface area is 228 Å². The number of ketones is 2. The number of hydrogen-bond acceptors (Lipinski definition) is 2. The first-order valence-electron chi connectivity index (χ1n) is 12.3. The van der Waals surface area contributed by atoms with Gasteiger partial charge in [-0.2, -0.15) is 0 Å². The Morgan fingerprint density at radius 1 is 0.447 bits per heavy atom. The molecule has 0 heterocycles. The summed E-state index contributed by atoms with van der Waals surface area (Å²) < 4.78 is 0.